The largest absolute Gasteiger partial charge is 0.323 e. The first-order chi connectivity index (χ1) is 7.36. The topological polar surface area (TPSA) is 60.2 Å². The van der Waals surface area contributed by atoms with E-state index in [2.05, 4.69) is 0 Å². The van der Waals surface area contributed by atoms with E-state index in [4.69, 9.17) is 5.73 Å². The van der Waals surface area contributed by atoms with Crippen LogP contribution in [0.3, 0.4) is 0 Å². The SMILES string of the molecule is CCC(C(N)c1cccc(F)c1)S(C)(=O)=O. The molecule has 0 saturated carbocycles. The van der Waals surface area contributed by atoms with Gasteiger partial charge < -0.3 is 5.73 Å². The summed E-state index contributed by atoms with van der Waals surface area (Å²) < 4.78 is 36.0. The van der Waals surface area contributed by atoms with E-state index in [1.165, 1.54) is 18.2 Å². The van der Waals surface area contributed by atoms with Gasteiger partial charge in [-0.1, -0.05) is 19.1 Å². The molecule has 2 atom stereocenters. The highest BCUT2D eigenvalue weighted by Crippen LogP contribution is 2.22. The van der Waals surface area contributed by atoms with Crippen molar-refractivity contribution >= 4 is 9.84 Å². The van der Waals surface area contributed by atoms with E-state index in [-0.39, 0.29) is 0 Å². The van der Waals surface area contributed by atoms with E-state index in [0.29, 0.717) is 12.0 Å². The summed E-state index contributed by atoms with van der Waals surface area (Å²) in [6.07, 6.45) is 1.57. The van der Waals surface area contributed by atoms with Gasteiger partial charge in [0, 0.05) is 12.3 Å². The maximum absolute atomic E-state index is 13.0. The predicted molar refractivity (Wildman–Crippen MR) is 62.3 cm³/mol. The third-order valence-corrected chi connectivity index (χ3v) is 4.31. The average Bonchev–Trinajstić information content (AvgIpc) is 2.16. The monoisotopic (exact) mass is 245 g/mol. The van der Waals surface area contributed by atoms with E-state index >= 15 is 0 Å². The molecule has 5 heteroatoms. The van der Waals surface area contributed by atoms with E-state index in [1.807, 2.05) is 0 Å². The van der Waals surface area contributed by atoms with Gasteiger partial charge in [-0.15, -0.1) is 0 Å². The minimum atomic E-state index is -3.22. The highest BCUT2D eigenvalue weighted by atomic mass is 32.2. The quantitative estimate of drug-likeness (QED) is 0.877. The lowest BCUT2D eigenvalue weighted by atomic mass is 10.0. The van der Waals surface area contributed by atoms with Crippen LogP contribution in [0.5, 0.6) is 0 Å². The first-order valence-electron chi connectivity index (χ1n) is 5.06. The van der Waals surface area contributed by atoms with E-state index in [9.17, 15) is 12.8 Å². The van der Waals surface area contributed by atoms with Gasteiger partial charge in [0.05, 0.1) is 5.25 Å². The van der Waals surface area contributed by atoms with Crippen LogP contribution >= 0.6 is 0 Å². The second-order valence-corrected chi connectivity index (χ2v) is 6.12. The van der Waals surface area contributed by atoms with Gasteiger partial charge in [-0.2, -0.15) is 0 Å². The Labute approximate surface area is 95.4 Å². The lowest BCUT2D eigenvalue weighted by Gasteiger charge is -2.21. The zero-order chi connectivity index (χ0) is 12.3. The molecular formula is C11H16FNO2S. The molecule has 0 fully saturated rings. The van der Waals surface area contributed by atoms with Crippen molar-refractivity contribution in [3.63, 3.8) is 0 Å². The number of hydrogen-bond acceptors (Lipinski definition) is 3. The lowest BCUT2D eigenvalue weighted by Crippen LogP contribution is -2.32. The number of rotatable bonds is 4. The van der Waals surface area contributed by atoms with Crippen LogP contribution in [0.1, 0.15) is 24.9 Å². The van der Waals surface area contributed by atoms with Gasteiger partial charge in [0.1, 0.15) is 5.82 Å². The van der Waals surface area contributed by atoms with E-state index in [0.717, 1.165) is 6.26 Å². The molecule has 0 radical (unpaired) electrons. The predicted octanol–water partition coefficient (Wildman–Crippen LogP) is 1.65. The number of benzene rings is 1. The highest BCUT2D eigenvalue weighted by molar-refractivity contribution is 7.91. The second-order valence-electron chi connectivity index (χ2n) is 3.86. The van der Waals surface area contributed by atoms with Crippen LogP contribution in [0.15, 0.2) is 24.3 Å². The lowest BCUT2D eigenvalue weighted by molar-refractivity contribution is 0.550. The summed E-state index contributed by atoms with van der Waals surface area (Å²) in [5.41, 5.74) is 6.37. The highest BCUT2D eigenvalue weighted by Gasteiger charge is 2.27. The van der Waals surface area contributed by atoms with Crippen LogP contribution < -0.4 is 5.73 Å². The number of nitrogens with two attached hydrogens (primary N) is 1. The molecule has 0 saturated heterocycles. The molecule has 0 spiro atoms. The van der Waals surface area contributed by atoms with Gasteiger partial charge >= 0.3 is 0 Å². The Kier molecular flexibility index (Phi) is 4.04. The van der Waals surface area contributed by atoms with Crippen LogP contribution in [0.2, 0.25) is 0 Å². The fourth-order valence-corrected chi connectivity index (χ4v) is 3.05. The smallest absolute Gasteiger partial charge is 0.152 e. The summed E-state index contributed by atoms with van der Waals surface area (Å²) in [6, 6.07) is 5.06. The molecule has 3 nitrogen and oxygen atoms in total. The fraction of sp³-hybridized carbons (Fsp3) is 0.455. The number of sulfone groups is 1. The van der Waals surface area contributed by atoms with Crippen LogP contribution in [0.25, 0.3) is 0 Å². The minimum absolute atomic E-state index is 0.406. The molecule has 2 N–H and O–H groups in total. The third kappa shape index (κ3) is 3.02. The molecular weight excluding hydrogens is 229 g/mol. The molecule has 16 heavy (non-hydrogen) atoms. The molecule has 2 unspecified atom stereocenters. The molecule has 1 aromatic carbocycles. The summed E-state index contributed by atoms with van der Waals surface area (Å²) in [6.45, 7) is 1.75. The molecule has 1 aromatic rings. The minimum Gasteiger partial charge on any atom is -0.323 e. The molecule has 0 aromatic heterocycles. The average molecular weight is 245 g/mol. The van der Waals surface area contributed by atoms with Crippen LogP contribution in [-0.2, 0) is 9.84 Å². The maximum atomic E-state index is 13.0. The van der Waals surface area contributed by atoms with Crippen molar-refractivity contribution in [1.29, 1.82) is 0 Å². The van der Waals surface area contributed by atoms with Gasteiger partial charge in [-0.05, 0) is 24.1 Å². The van der Waals surface area contributed by atoms with Crippen molar-refractivity contribution in [1.82, 2.24) is 0 Å². The first-order valence-corrected chi connectivity index (χ1v) is 7.01. The van der Waals surface area contributed by atoms with Gasteiger partial charge in [-0.3, -0.25) is 0 Å². The van der Waals surface area contributed by atoms with Gasteiger partial charge in [0.25, 0.3) is 0 Å². The van der Waals surface area contributed by atoms with Crippen molar-refractivity contribution in [3.8, 4) is 0 Å². The summed E-state index contributed by atoms with van der Waals surface area (Å²) in [7, 11) is -3.22. The van der Waals surface area contributed by atoms with E-state index < -0.39 is 26.9 Å². The Hall–Kier alpha value is -0.940. The molecule has 0 aliphatic heterocycles. The summed E-state index contributed by atoms with van der Waals surface area (Å²) >= 11 is 0. The molecule has 0 aliphatic rings. The first kappa shape index (κ1) is 13.1. The molecule has 1 rings (SSSR count). The molecule has 0 heterocycles. The van der Waals surface area contributed by atoms with Crippen LogP contribution in [-0.4, -0.2) is 19.9 Å². The zero-order valence-electron chi connectivity index (χ0n) is 9.35. The fourth-order valence-electron chi connectivity index (χ4n) is 1.75. The zero-order valence-corrected chi connectivity index (χ0v) is 10.2. The molecule has 0 aliphatic carbocycles. The maximum Gasteiger partial charge on any atom is 0.152 e. The van der Waals surface area contributed by atoms with Crippen molar-refractivity contribution in [3.05, 3.63) is 35.6 Å². The Morgan fingerprint density at radius 1 is 1.44 bits per heavy atom. The van der Waals surface area contributed by atoms with Gasteiger partial charge in [0.15, 0.2) is 9.84 Å². The van der Waals surface area contributed by atoms with Crippen molar-refractivity contribution in [2.45, 2.75) is 24.6 Å². The van der Waals surface area contributed by atoms with E-state index in [1.54, 1.807) is 13.0 Å². The van der Waals surface area contributed by atoms with Crippen molar-refractivity contribution in [2.75, 3.05) is 6.26 Å². The number of halogens is 1. The molecule has 0 amide bonds. The van der Waals surface area contributed by atoms with Crippen molar-refractivity contribution < 1.29 is 12.8 Å². The van der Waals surface area contributed by atoms with Crippen molar-refractivity contribution in [2.24, 2.45) is 5.73 Å². The van der Waals surface area contributed by atoms with Gasteiger partial charge in [0.2, 0.25) is 0 Å². The molecule has 90 valence electrons. The second kappa shape index (κ2) is 4.93. The normalized spacial score (nSPS) is 15.8. The summed E-state index contributed by atoms with van der Waals surface area (Å²) in [4.78, 5) is 0. The summed E-state index contributed by atoms with van der Waals surface area (Å²) in [5.74, 6) is -0.406. The Morgan fingerprint density at radius 3 is 2.50 bits per heavy atom. The third-order valence-electron chi connectivity index (χ3n) is 2.59. The summed E-state index contributed by atoms with van der Waals surface area (Å²) in [5, 5.41) is -0.672. The number of hydrogen-bond donors (Lipinski definition) is 1. The standard InChI is InChI=1S/C11H16FNO2S/c1-3-10(16(2,14)15)11(13)8-5-4-6-9(12)7-8/h4-7,10-11H,3,13H2,1-2H3. The Morgan fingerprint density at radius 2 is 2.06 bits per heavy atom. The Balaban J connectivity index is 3.05. The van der Waals surface area contributed by atoms with Crippen LogP contribution in [0, 0.1) is 5.82 Å². The Bertz CT molecular complexity index is 459. The van der Waals surface area contributed by atoms with Gasteiger partial charge in [-0.25, -0.2) is 12.8 Å². The van der Waals surface area contributed by atoms with Crippen LogP contribution in [0.4, 0.5) is 4.39 Å². The molecule has 0 bridgehead atoms.